The maximum atomic E-state index is 13.2. The summed E-state index contributed by atoms with van der Waals surface area (Å²) in [7, 11) is -3.71. The minimum atomic E-state index is -3.71. The molecule has 0 aromatic heterocycles. The van der Waals surface area contributed by atoms with Gasteiger partial charge in [0, 0.05) is 17.9 Å². The summed E-state index contributed by atoms with van der Waals surface area (Å²) < 4.78 is 32.3. The summed E-state index contributed by atoms with van der Waals surface area (Å²) >= 11 is 0. The van der Waals surface area contributed by atoms with Crippen LogP contribution < -0.4 is 0 Å². The molecule has 1 fully saturated rings. The first-order valence-electron chi connectivity index (χ1n) is 7.88. The average Bonchev–Trinajstić information content (AvgIpc) is 3.17. The van der Waals surface area contributed by atoms with Gasteiger partial charge in [-0.1, -0.05) is 48.5 Å². The van der Waals surface area contributed by atoms with Crippen LogP contribution in [-0.4, -0.2) is 20.3 Å². The zero-order valence-corrected chi connectivity index (χ0v) is 13.7. The molecule has 2 aromatic rings. The fraction of sp³-hybridized carbons (Fsp3) is 0.211. The maximum absolute atomic E-state index is 13.2. The van der Waals surface area contributed by atoms with Crippen molar-refractivity contribution in [2.24, 2.45) is 5.92 Å². The van der Waals surface area contributed by atoms with E-state index in [4.69, 9.17) is 4.74 Å². The quantitative estimate of drug-likeness (QED) is 0.861. The van der Waals surface area contributed by atoms with Crippen LogP contribution in [0.25, 0.3) is 5.76 Å². The fourth-order valence-electron chi connectivity index (χ4n) is 3.43. The van der Waals surface area contributed by atoms with Crippen LogP contribution in [0.5, 0.6) is 0 Å². The largest absolute Gasteiger partial charge is 0.480 e. The van der Waals surface area contributed by atoms with E-state index in [9.17, 15) is 13.2 Å². The SMILES string of the molecule is O=C1CC[C@H]2C(S(=O)(=O)c3ccccc3)=C(c3ccccc3)O[C@@H]12. The highest BCUT2D eigenvalue weighted by atomic mass is 32.2. The number of hydrogen-bond acceptors (Lipinski definition) is 4. The van der Waals surface area contributed by atoms with Gasteiger partial charge in [-0.05, 0) is 18.6 Å². The molecule has 1 aliphatic carbocycles. The van der Waals surface area contributed by atoms with Gasteiger partial charge in [0.15, 0.2) is 11.9 Å². The minimum absolute atomic E-state index is 0.0216. The van der Waals surface area contributed by atoms with Crippen molar-refractivity contribution < 1.29 is 17.9 Å². The van der Waals surface area contributed by atoms with E-state index in [1.807, 2.05) is 18.2 Å². The molecule has 2 aliphatic rings. The molecule has 1 heterocycles. The van der Waals surface area contributed by atoms with Crippen LogP contribution in [0.3, 0.4) is 0 Å². The second kappa shape index (κ2) is 5.60. The molecule has 2 aromatic carbocycles. The zero-order chi connectivity index (χ0) is 16.7. The normalized spacial score (nSPS) is 23.2. The molecule has 1 saturated carbocycles. The van der Waals surface area contributed by atoms with Crippen LogP contribution in [0, 0.1) is 5.92 Å². The van der Waals surface area contributed by atoms with Gasteiger partial charge in [-0.15, -0.1) is 0 Å². The molecular weight excluding hydrogens is 324 g/mol. The molecule has 0 radical (unpaired) electrons. The summed E-state index contributed by atoms with van der Waals surface area (Å²) in [5.74, 6) is -0.0906. The Kier molecular flexibility index (Phi) is 3.53. The average molecular weight is 340 g/mol. The summed E-state index contributed by atoms with van der Waals surface area (Å²) in [5.41, 5.74) is 0.689. The van der Waals surface area contributed by atoms with Gasteiger partial charge >= 0.3 is 0 Å². The van der Waals surface area contributed by atoms with Gasteiger partial charge in [0.25, 0.3) is 0 Å². The number of benzene rings is 2. The van der Waals surface area contributed by atoms with E-state index < -0.39 is 21.9 Å². The van der Waals surface area contributed by atoms with Crippen molar-refractivity contribution in [3.05, 3.63) is 71.1 Å². The van der Waals surface area contributed by atoms with E-state index in [1.165, 1.54) is 0 Å². The van der Waals surface area contributed by atoms with Crippen LogP contribution in [-0.2, 0) is 19.4 Å². The van der Waals surface area contributed by atoms with E-state index in [0.717, 1.165) is 0 Å². The van der Waals surface area contributed by atoms with Crippen LogP contribution in [0.2, 0.25) is 0 Å². The third kappa shape index (κ3) is 2.27. The maximum Gasteiger partial charge on any atom is 0.206 e. The Hall–Kier alpha value is -2.40. The first-order valence-corrected chi connectivity index (χ1v) is 9.36. The van der Waals surface area contributed by atoms with Crippen LogP contribution in [0.4, 0.5) is 0 Å². The van der Waals surface area contributed by atoms with Crippen LogP contribution >= 0.6 is 0 Å². The van der Waals surface area contributed by atoms with Crippen molar-refractivity contribution in [3.8, 4) is 0 Å². The number of hydrogen-bond donors (Lipinski definition) is 0. The highest BCUT2D eigenvalue weighted by Crippen LogP contribution is 2.47. The van der Waals surface area contributed by atoms with Crippen molar-refractivity contribution >= 4 is 21.4 Å². The topological polar surface area (TPSA) is 60.4 Å². The molecule has 0 saturated heterocycles. The van der Waals surface area contributed by atoms with Gasteiger partial charge in [0.2, 0.25) is 9.84 Å². The lowest BCUT2D eigenvalue weighted by molar-refractivity contribution is -0.124. The summed E-state index contributed by atoms with van der Waals surface area (Å²) in [4.78, 5) is 12.6. The Morgan fingerprint density at radius 3 is 2.21 bits per heavy atom. The predicted octanol–water partition coefficient (Wildman–Crippen LogP) is 3.21. The predicted molar refractivity (Wildman–Crippen MR) is 89.6 cm³/mol. The lowest BCUT2D eigenvalue weighted by Gasteiger charge is -2.11. The third-order valence-electron chi connectivity index (χ3n) is 4.57. The van der Waals surface area contributed by atoms with Gasteiger partial charge in [-0.25, -0.2) is 8.42 Å². The van der Waals surface area contributed by atoms with Crippen molar-refractivity contribution in [2.45, 2.75) is 23.8 Å². The number of ether oxygens (including phenoxy) is 1. The Balaban J connectivity index is 1.92. The van der Waals surface area contributed by atoms with Gasteiger partial charge in [-0.2, -0.15) is 0 Å². The monoisotopic (exact) mass is 340 g/mol. The molecule has 24 heavy (non-hydrogen) atoms. The van der Waals surface area contributed by atoms with Crippen molar-refractivity contribution in [2.75, 3.05) is 0 Å². The number of carbonyl (C=O) groups is 1. The minimum Gasteiger partial charge on any atom is -0.480 e. The number of rotatable bonds is 3. The summed E-state index contributed by atoms with van der Waals surface area (Å²) in [6, 6.07) is 17.5. The van der Waals surface area contributed by atoms with Gasteiger partial charge in [0.1, 0.15) is 5.76 Å². The molecule has 2 atom stereocenters. The van der Waals surface area contributed by atoms with E-state index in [-0.39, 0.29) is 15.6 Å². The number of ketones is 1. The molecule has 0 unspecified atom stereocenters. The van der Waals surface area contributed by atoms with Crippen LogP contribution in [0.1, 0.15) is 18.4 Å². The second-order valence-electron chi connectivity index (χ2n) is 6.03. The standard InChI is InChI=1S/C19H16O4S/c20-16-12-11-15-18(16)23-17(13-7-3-1-4-8-13)19(15)24(21,22)14-9-5-2-6-10-14/h1-10,15,18H,11-12H2/t15-,18-/m1/s1. The van der Waals surface area contributed by atoms with Crippen LogP contribution in [0.15, 0.2) is 70.5 Å². The van der Waals surface area contributed by atoms with Crippen molar-refractivity contribution in [3.63, 3.8) is 0 Å². The van der Waals surface area contributed by atoms with E-state index in [0.29, 0.717) is 24.2 Å². The summed E-state index contributed by atoms with van der Waals surface area (Å²) in [6.07, 6.45) is 0.209. The van der Waals surface area contributed by atoms with Gasteiger partial charge < -0.3 is 4.74 Å². The Morgan fingerprint density at radius 1 is 0.917 bits per heavy atom. The Bertz CT molecular complexity index is 914. The zero-order valence-electron chi connectivity index (χ0n) is 12.9. The van der Waals surface area contributed by atoms with E-state index >= 15 is 0 Å². The third-order valence-corrected chi connectivity index (χ3v) is 6.53. The summed E-state index contributed by atoms with van der Waals surface area (Å²) in [5, 5.41) is 0. The number of fused-ring (bicyclic) bond motifs is 1. The number of Topliss-reactive ketones (excluding diaryl/α,β-unsaturated/α-hetero) is 1. The van der Waals surface area contributed by atoms with E-state index in [2.05, 4.69) is 0 Å². The molecule has 4 rings (SSSR count). The van der Waals surface area contributed by atoms with Crippen molar-refractivity contribution in [1.82, 2.24) is 0 Å². The van der Waals surface area contributed by atoms with E-state index in [1.54, 1.807) is 42.5 Å². The highest BCUT2D eigenvalue weighted by Gasteiger charge is 2.50. The molecular formula is C19H16O4S. The smallest absolute Gasteiger partial charge is 0.206 e. The molecule has 0 bridgehead atoms. The first-order chi connectivity index (χ1) is 11.6. The van der Waals surface area contributed by atoms with Gasteiger partial charge in [-0.3, -0.25) is 4.79 Å². The molecule has 0 N–H and O–H groups in total. The molecule has 5 heteroatoms. The molecule has 122 valence electrons. The highest BCUT2D eigenvalue weighted by molar-refractivity contribution is 7.95. The Labute approximate surface area is 140 Å². The molecule has 0 spiro atoms. The second-order valence-corrected chi connectivity index (χ2v) is 7.94. The first kappa shape index (κ1) is 15.1. The number of sulfone groups is 1. The summed E-state index contributed by atoms with van der Waals surface area (Å²) in [6.45, 7) is 0. The lowest BCUT2D eigenvalue weighted by Crippen LogP contribution is -2.21. The van der Waals surface area contributed by atoms with Gasteiger partial charge in [0.05, 0.1) is 9.80 Å². The molecule has 0 amide bonds. The Morgan fingerprint density at radius 2 is 1.54 bits per heavy atom. The number of carbonyl (C=O) groups excluding carboxylic acids is 1. The molecule has 4 nitrogen and oxygen atoms in total. The molecule has 1 aliphatic heterocycles. The fourth-order valence-corrected chi connectivity index (χ4v) is 5.25. The van der Waals surface area contributed by atoms with Crippen molar-refractivity contribution in [1.29, 1.82) is 0 Å². The lowest BCUT2D eigenvalue weighted by atomic mass is 10.1.